The fourth-order valence-electron chi connectivity index (χ4n) is 1.51. The van der Waals surface area contributed by atoms with Crippen molar-refractivity contribution in [1.82, 2.24) is 9.88 Å². The Kier molecular flexibility index (Phi) is 5.45. The largest absolute Gasteiger partial charge is 0.481 e. The van der Waals surface area contributed by atoms with Crippen LogP contribution in [0.5, 0.6) is 0 Å². The van der Waals surface area contributed by atoms with Crippen molar-refractivity contribution >= 4 is 17.8 Å². The minimum Gasteiger partial charge on any atom is -0.481 e. The van der Waals surface area contributed by atoms with Gasteiger partial charge in [0.25, 0.3) is 5.56 Å². The van der Waals surface area contributed by atoms with Crippen LogP contribution in [0.1, 0.15) is 12.8 Å². The summed E-state index contributed by atoms with van der Waals surface area (Å²) >= 11 is 0. The molecule has 0 fully saturated rings. The summed E-state index contributed by atoms with van der Waals surface area (Å²) in [6.07, 6.45) is 0.682. The van der Waals surface area contributed by atoms with Crippen LogP contribution >= 0.6 is 0 Å². The SMILES string of the molecule is O=C(O)C[C@@H](NC(=O)CCn1ccccc1=O)C(=O)O. The van der Waals surface area contributed by atoms with E-state index in [1.807, 2.05) is 0 Å². The van der Waals surface area contributed by atoms with Crippen LogP contribution in [0.4, 0.5) is 0 Å². The fourth-order valence-corrected chi connectivity index (χ4v) is 1.51. The predicted octanol–water partition coefficient (Wildman–Crippen LogP) is -0.718. The standard InChI is InChI=1S/C12H14N2O6/c15-9(13-8(12(19)20)7-11(17)18)4-6-14-5-2-1-3-10(14)16/h1-3,5,8H,4,6-7H2,(H,13,15)(H,17,18)(H,19,20)/t8-/m1/s1. The van der Waals surface area contributed by atoms with Gasteiger partial charge in [0.05, 0.1) is 6.42 Å². The van der Waals surface area contributed by atoms with Gasteiger partial charge >= 0.3 is 11.9 Å². The van der Waals surface area contributed by atoms with Crippen molar-refractivity contribution in [3.63, 3.8) is 0 Å². The van der Waals surface area contributed by atoms with E-state index in [4.69, 9.17) is 10.2 Å². The van der Waals surface area contributed by atoms with Crippen molar-refractivity contribution in [1.29, 1.82) is 0 Å². The molecule has 0 unspecified atom stereocenters. The average Bonchev–Trinajstić information content (AvgIpc) is 2.36. The minimum absolute atomic E-state index is 0.0882. The van der Waals surface area contributed by atoms with E-state index in [0.717, 1.165) is 0 Å². The number of hydrogen-bond donors (Lipinski definition) is 3. The maximum Gasteiger partial charge on any atom is 0.326 e. The number of amides is 1. The van der Waals surface area contributed by atoms with Gasteiger partial charge in [0.2, 0.25) is 5.91 Å². The smallest absolute Gasteiger partial charge is 0.326 e. The van der Waals surface area contributed by atoms with Crippen LogP contribution in [0.3, 0.4) is 0 Å². The van der Waals surface area contributed by atoms with Crippen LogP contribution in [-0.4, -0.2) is 38.7 Å². The normalized spacial score (nSPS) is 11.6. The molecule has 3 N–H and O–H groups in total. The number of aryl methyl sites for hydroxylation is 1. The van der Waals surface area contributed by atoms with E-state index in [0.29, 0.717) is 0 Å². The first-order chi connectivity index (χ1) is 9.40. The van der Waals surface area contributed by atoms with E-state index in [-0.39, 0.29) is 18.5 Å². The molecule has 1 aromatic heterocycles. The first kappa shape index (κ1) is 15.4. The lowest BCUT2D eigenvalue weighted by atomic mass is 10.2. The van der Waals surface area contributed by atoms with E-state index in [9.17, 15) is 19.2 Å². The summed E-state index contributed by atoms with van der Waals surface area (Å²) in [5, 5.41) is 19.4. The number of hydrogen-bond acceptors (Lipinski definition) is 4. The number of rotatable bonds is 7. The van der Waals surface area contributed by atoms with E-state index >= 15 is 0 Å². The maximum atomic E-state index is 11.5. The van der Waals surface area contributed by atoms with Crippen molar-refractivity contribution in [2.45, 2.75) is 25.4 Å². The molecule has 0 aliphatic heterocycles. The molecule has 20 heavy (non-hydrogen) atoms. The van der Waals surface area contributed by atoms with Gasteiger partial charge in [0.1, 0.15) is 6.04 Å². The molecular formula is C12H14N2O6. The van der Waals surface area contributed by atoms with Gasteiger partial charge in [-0.3, -0.25) is 14.4 Å². The van der Waals surface area contributed by atoms with Crippen LogP contribution in [0.2, 0.25) is 0 Å². The first-order valence-electron chi connectivity index (χ1n) is 5.79. The van der Waals surface area contributed by atoms with Gasteiger partial charge in [-0.25, -0.2) is 4.79 Å². The van der Waals surface area contributed by atoms with Crippen molar-refractivity contribution in [2.24, 2.45) is 0 Å². The molecule has 0 aromatic carbocycles. The van der Waals surface area contributed by atoms with Gasteiger partial charge in [-0.1, -0.05) is 6.07 Å². The van der Waals surface area contributed by atoms with Crippen LogP contribution in [0.25, 0.3) is 0 Å². The molecule has 0 saturated carbocycles. The van der Waals surface area contributed by atoms with Gasteiger partial charge in [-0.15, -0.1) is 0 Å². The molecule has 0 spiro atoms. The highest BCUT2D eigenvalue weighted by atomic mass is 16.4. The zero-order valence-corrected chi connectivity index (χ0v) is 10.5. The number of carbonyl (C=O) groups is 3. The second-order valence-corrected chi connectivity index (χ2v) is 4.04. The molecule has 1 aromatic rings. The number of pyridine rings is 1. The van der Waals surface area contributed by atoms with Crippen LogP contribution < -0.4 is 10.9 Å². The number of aliphatic carboxylic acids is 2. The molecule has 8 nitrogen and oxygen atoms in total. The van der Waals surface area contributed by atoms with E-state index in [1.165, 1.54) is 16.8 Å². The second-order valence-electron chi connectivity index (χ2n) is 4.04. The second kappa shape index (κ2) is 7.07. The summed E-state index contributed by atoms with van der Waals surface area (Å²) in [5.41, 5.74) is -0.277. The third-order valence-electron chi connectivity index (χ3n) is 2.49. The highest BCUT2D eigenvalue weighted by Gasteiger charge is 2.22. The zero-order chi connectivity index (χ0) is 15.1. The van der Waals surface area contributed by atoms with E-state index < -0.39 is 30.3 Å². The number of nitrogens with one attached hydrogen (secondary N) is 1. The first-order valence-corrected chi connectivity index (χ1v) is 5.79. The molecule has 1 heterocycles. The van der Waals surface area contributed by atoms with Gasteiger partial charge in [-0.2, -0.15) is 0 Å². The summed E-state index contributed by atoms with van der Waals surface area (Å²) in [6.45, 7) is 0.0882. The molecule has 1 rings (SSSR count). The number of carboxylic acid groups (broad SMARTS) is 2. The number of aromatic nitrogens is 1. The summed E-state index contributed by atoms with van der Waals surface area (Å²) in [7, 11) is 0. The van der Waals surface area contributed by atoms with Gasteiger partial charge in [0.15, 0.2) is 0 Å². The lowest BCUT2D eigenvalue weighted by Gasteiger charge is -2.12. The van der Waals surface area contributed by atoms with E-state index in [1.54, 1.807) is 12.1 Å². The summed E-state index contributed by atoms with van der Waals surface area (Å²) < 4.78 is 1.30. The van der Waals surface area contributed by atoms with Crippen LogP contribution in [0.15, 0.2) is 29.2 Å². The molecule has 0 aliphatic rings. The Morgan fingerprint density at radius 3 is 2.50 bits per heavy atom. The Morgan fingerprint density at radius 1 is 1.25 bits per heavy atom. The molecule has 8 heteroatoms. The lowest BCUT2D eigenvalue weighted by Crippen LogP contribution is -2.42. The van der Waals surface area contributed by atoms with Crippen molar-refractivity contribution in [3.05, 3.63) is 34.7 Å². The van der Waals surface area contributed by atoms with Crippen LogP contribution in [-0.2, 0) is 20.9 Å². The number of carboxylic acids is 2. The highest BCUT2D eigenvalue weighted by molar-refractivity contribution is 5.86. The molecule has 0 saturated heterocycles. The number of nitrogens with zero attached hydrogens (tertiary/aromatic N) is 1. The summed E-state index contributed by atoms with van der Waals surface area (Å²) in [5.74, 6) is -3.37. The summed E-state index contributed by atoms with van der Waals surface area (Å²) in [6, 6.07) is 3.05. The van der Waals surface area contributed by atoms with Crippen molar-refractivity contribution < 1.29 is 24.6 Å². The van der Waals surface area contributed by atoms with Gasteiger partial charge < -0.3 is 20.1 Å². The Hall–Kier alpha value is -2.64. The fraction of sp³-hybridized carbons (Fsp3) is 0.333. The molecule has 0 aliphatic carbocycles. The number of carbonyl (C=O) groups excluding carboxylic acids is 1. The molecule has 1 amide bonds. The van der Waals surface area contributed by atoms with E-state index in [2.05, 4.69) is 5.32 Å². The zero-order valence-electron chi connectivity index (χ0n) is 10.5. The highest BCUT2D eigenvalue weighted by Crippen LogP contribution is 1.95. The molecule has 0 radical (unpaired) electrons. The Morgan fingerprint density at radius 2 is 1.95 bits per heavy atom. The van der Waals surface area contributed by atoms with Crippen molar-refractivity contribution in [3.8, 4) is 0 Å². The van der Waals surface area contributed by atoms with Gasteiger partial charge in [0, 0.05) is 25.2 Å². The molecule has 0 bridgehead atoms. The topological polar surface area (TPSA) is 126 Å². The van der Waals surface area contributed by atoms with Crippen molar-refractivity contribution in [2.75, 3.05) is 0 Å². The Bertz CT molecular complexity index is 565. The Labute approximate surface area is 113 Å². The molecule has 108 valence electrons. The maximum absolute atomic E-state index is 11.5. The quantitative estimate of drug-likeness (QED) is 0.606. The van der Waals surface area contributed by atoms with Crippen LogP contribution in [0, 0.1) is 0 Å². The third kappa shape index (κ3) is 4.92. The molecular weight excluding hydrogens is 268 g/mol. The lowest BCUT2D eigenvalue weighted by molar-refractivity contribution is -0.147. The minimum atomic E-state index is -1.48. The van der Waals surface area contributed by atoms with Gasteiger partial charge in [-0.05, 0) is 6.07 Å². The Balaban J connectivity index is 2.54. The average molecular weight is 282 g/mol. The third-order valence-corrected chi connectivity index (χ3v) is 2.49. The molecule has 1 atom stereocenters. The monoisotopic (exact) mass is 282 g/mol. The summed E-state index contributed by atoms with van der Waals surface area (Å²) in [4.78, 5) is 44.1. The predicted molar refractivity (Wildman–Crippen MR) is 67.1 cm³/mol.